The molecule has 1 N–H and O–H groups in total. The molecule has 0 saturated heterocycles. The van der Waals surface area contributed by atoms with E-state index in [2.05, 4.69) is 5.32 Å². The van der Waals surface area contributed by atoms with Gasteiger partial charge < -0.3 is 9.73 Å². The van der Waals surface area contributed by atoms with E-state index >= 15 is 0 Å². The van der Waals surface area contributed by atoms with Crippen molar-refractivity contribution in [2.75, 3.05) is 0 Å². The molecule has 0 bridgehead atoms. The Morgan fingerprint density at radius 3 is 2.58 bits per heavy atom. The highest BCUT2D eigenvalue weighted by Gasteiger charge is 2.44. The van der Waals surface area contributed by atoms with E-state index in [1.165, 1.54) is 0 Å². The van der Waals surface area contributed by atoms with Crippen LogP contribution in [0.5, 0.6) is 0 Å². The second kappa shape index (κ2) is 4.81. The van der Waals surface area contributed by atoms with E-state index in [1.54, 1.807) is 12.3 Å². The highest BCUT2D eigenvalue weighted by molar-refractivity contribution is 6.23. The lowest BCUT2D eigenvalue weighted by Gasteiger charge is -2.31. The maximum Gasteiger partial charge on any atom is 0.192 e. The van der Waals surface area contributed by atoms with E-state index in [1.807, 2.05) is 30.3 Å². The van der Waals surface area contributed by atoms with Gasteiger partial charge in [0.15, 0.2) is 11.6 Å². The van der Waals surface area contributed by atoms with Gasteiger partial charge in [0.2, 0.25) is 0 Å². The molecule has 2 heterocycles. The fraction of sp³-hybridized carbons (Fsp3) is 0.200. The van der Waals surface area contributed by atoms with Gasteiger partial charge in [0, 0.05) is 34.4 Å². The normalized spacial score (nSPS) is 22.2. The summed E-state index contributed by atoms with van der Waals surface area (Å²) in [5.41, 5.74) is 4.73. The van der Waals surface area contributed by atoms with Gasteiger partial charge in [-0.1, -0.05) is 24.3 Å². The molecular weight excluding hydrogens is 302 g/mol. The summed E-state index contributed by atoms with van der Waals surface area (Å²) in [6.07, 6.45) is 3.79. The predicted octanol–water partition coefficient (Wildman–Crippen LogP) is 3.58. The number of allylic oxidation sites excluding steroid dienone is 3. The lowest BCUT2D eigenvalue weighted by Crippen LogP contribution is -2.31. The van der Waals surface area contributed by atoms with Crippen LogP contribution in [0.3, 0.4) is 0 Å². The zero-order valence-electron chi connectivity index (χ0n) is 13.0. The van der Waals surface area contributed by atoms with Gasteiger partial charge in [-0.25, -0.2) is 0 Å². The zero-order valence-corrected chi connectivity index (χ0v) is 13.0. The number of hydrogen-bond donors (Lipinski definition) is 1. The zero-order chi connectivity index (χ0) is 16.3. The topological polar surface area (TPSA) is 59.3 Å². The van der Waals surface area contributed by atoms with Crippen LogP contribution in [-0.4, -0.2) is 11.6 Å². The number of fused-ring (bicyclic) bond motifs is 2. The van der Waals surface area contributed by atoms with E-state index in [0.717, 1.165) is 29.8 Å². The summed E-state index contributed by atoms with van der Waals surface area (Å²) in [4.78, 5) is 25.7. The molecule has 1 unspecified atom stereocenters. The summed E-state index contributed by atoms with van der Waals surface area (Å²) in [6.45, 7) is 0. The molecule has 0 amide bonds. The SMILES string of the molecule is O=C1CCCC2=C1C(c1ccco1)C1=C(N2)c2ccccc2C1=O. The second-order valence-corrected chi connectivity index (χ2v) is 6.41. The number of dihydropyridines is 1. The van der Waals surface area contributed by atoms with Crippen molar-refractivity contribution in [1.29, 1.82) is 0 Å². The molecular formula is C20H15NO3. The van der Waals surface area contributed by atoms with Gasteiger partial charge in [-0.3, -0.25) is 9.59 Å². The first-order valence-electron chi connectivity index (χ1n) is 8.20. The molecule has 2 aromatic rings. The van der Waals surface area contributed by atoms with Crippen molar-refractivity contribution in [3.05, 3.63) is 76.4 Å². The maximum atomic E-state index is 13.0. The molecule has 5 rings (SSSR count). The van der Waals surface area contributed by atoms with Gasteiger partial charge in [0.1, 0.15) is 5.76 Å². The third kappa shape index (κ3) is 1.68. The summed E-state index contributed by atoms with van der Waals surface area (Å²) < 4.78 is 5.63. The van der Waals surface area contributed by atoms with Crippen molar-refractivity contribution in [1.82, 2.24) is 5.32 Å². The van der Waals surface area contributed by atoms with Crippen molar-refractivity contribution in [3.8, 4) is 0 Å². The van der Waals surface area contributed by atoms with Crippen LogP contribution in [0.1, 0.15) is 46.9 Å². The maximum absolute atomic E-state index is 13.0. The first-order chi connectivity index (χ1) is 11.8. The van der Waals surface area contributed by atoms with Crippen molar-refractivity contribution in [2.45, 2.75) is 25.2 Å². The first-order valence-corrected chi connectivity index (χ1v) is 8.20. The Bertz CT molecular complexity index is 947. The number of nitrogens with one attached hydrogen (secondary N) is 1. The third-order valence-corrected chi connectivity index (χ3v) is 5.09. The molecule has 118 valence electrons. The van der Waals surface area contributed by atoms with Crippen molar-refractivity contribution < 1.29 is 14.0 Å². The summed E-state index contributed by atoms with van der Waals surface area (Å²) in [5, 5.41) is 3.40. The second-order valence-electron chi connectivity index (χ2n) is 6.41. The number of hydrogen-bond acceptors (Lipinski definition) is 4. The van der Waals surface area contributed by atoms with Crippen LogP contribution >= 0.6 is 0 Å². The lowest BCUT2D eigenvalue weighted by atomic mass is 9.77. The van der Waals surface area contributed by atoms with E-state index in [-0.39, 0.29) is 11.6 Å². The van der Waals surface area contributed by atoms with Crippen LogP contribution in [0.25, 0.3) is 5.70 Å². The van der Waals surface area contributed by atoms with Crippen molar-refractivity contribution in [3.63, 3.8) is 0 Å². The molecule has 4 nitrogen and oxygen atoms in total. The Labute approximate surface area is 138 Å². The number of carbonyl (C=O) groups is 2. The van der Waals surface area contributed by atoms with Crippen LogP contribution in [0, 0.1) is 0 Å². The van der Waals surface area contributed by atoms with Gasteiger partial charge in [-0.05, 0) is 25.0 Å². The molecule has 2 aliphatic carbocycles. The van der Waals surface area contributed by atoms with Crippen molar-refractivity contribution >= 4 is 17.3 Å². The minimum absolute atomic E-state index is 0.0144. The summed E-state index contributed by atoms with van der Waals surface area (Å²) in [5.74, 6) is 0.353. The van der Waals surface area contributed by atoms with Gasteiger partial charge in [-0.15, -0.1) is 0 Å². The van der Waals surface area contributed by atoms with Crippen molar-refractivity contribution in [2.24, 2.45) is 0 Å². The first kappa shape index (κ1) is 13.5. The smallest absolute Gasteiger partial charge is 0.192 e. The quantitative estimate of drug-likeness (QED) is 0.873. The monoisotopic (exact) mass is 317 g/mol. The fourth-order valence-corrected chi connectivity index (χ4v) is 4.08. The van der Waals surface area contributed by atoms with E-state index < -0.39 is 5.92 Å². The molecule has 0 fully saturated rings. The Kier molecular flexibility index (Phi) is 2.71. The molecule has 1 atom stereocenters. The van der Waals surface area contributed by atoms with Gasteiger partial charge in [-0.2, -0.15) is 0 Å². The van der Waals surface area contributed by atoms with Crippen LogP contribution in [0.15, 0.2) is 63.9 Å². The Balaban J connectivity index is 1.77. The molecule has 1 aromatic heterocycles. The highest BCUT2D eigenvalue weighted by atomic mass is 16.3. The Morgan fingerprint density at radius 1 is 0.958 bits per heavy atom. The summed E-state index contributed by atoms with van der Waals surface area (Å²) in [6, 6.07) is 11.3. The summed E-state index contributed by atoms with van der Waals surface area (Å²) in [7, 11) is 0. The van der Waals surface area contributed by atoms with E-state index in [9.17, 15) is 9.59 Å². The van der Waals surface area contributed by atoms with Gasteiger partial charge in [0.25, 0.3) is 0 Å². The number of ketones is 2. The molecule has 0 radical (unpaired) electrons. The van der Waals surface area contributed by atoms with Gasteiger partial charge >= 0.3 is 0 Å². The minimum atomic E-state index is -0.404. The third-order valence-electron chi connectivity index (χ3n) is 5.09. The minimum Gasteiger partial charge on any atom is -0.468 e. The molecule has 0 spiro atoms. The molecule has 24 heavy (non-hydrogen) atoms. The standard InChI is InChI=1S/C20H15NO3/c22-14-8-3-7-13-16(14)17(15-9-4-10-24-15)18-19(21-13)11-5-1-2-6-12(11)20(18)23/h1-2,4-6,9-10,17,21H,3,7-8H2. The van der Waals surface area contributed by atoms with E-state index in [4.69, 9.17) is 4.42 Å². The van der Waals surface area contributed by atoms with Crippen LogP contribution in [0.4, 0.5) is 0 Å². The molecule has 3 aliphatic rings. The molecule has 1 aliphatic heterocycles. The molecule has 0 saturated carbocycles. The number of rotatable bonds is 1. The van der Waals surface area contributed by atoms with Crippen LogP contribution < -0.4 is 5.32 Å². The van der Waals surface area contributed by atoms with E-state index in [0.29, 0.717) is 28.9 Å². The number of carbonyl (C=O) groups excluding carboxylic acids is 2. The predicted molar refractivity (Wildman–Crippen MR) is 88.2 cm³/mol. The van der Waals surface area contributed by atoms with Crippen LogP contribution in [0.2, 0.25) is 0 Å². The number of benzene rings is 1. The fourth-order valence-electron chi connectivity index (χ4n) is 4.08. The number of Topliss-reactive ketones (excluding diaryl/α,β-unsaturated/α-hetero) is 2. The molecule has 1 aromatic carbocycles. The average Bonchev–Trinajstić information content (AvgIpc) is 3.22. The largest absolute Gasteiger partial charge is 0.468 e. The Morgan fingerprint density at radius 2 is 1.79 bits per heavy atom. The van der Waals surface area contributed by atoms with Crippen LogP contribution in [-0.2, 0) is 4.79 Å². The average molecular weight is 317 g/mol. The molecule has 4 heteroatoms. The number of furan rings is 1. The lowest BCUT2D eigenvalue weighted by molar-refractivity contribution is -0.116. The van der Waals surface area contributed by atoms with Gasteiger partial charge in [0.05, 0.1) is 17.9 Å². The highest BCUT2D eigenvalue weighted by Crippen LogP contribution is 2.48. The Hall–Kier alpha value is -2.88. The summed E-state index contributed by atoms with van der Waals surface area (Å²) >= 11 is 0.